The molecule has 0 amide bonds. The molecule has 0 spiro atoms. The predicted octanol–water partition coefficient (Wildman–Crippen LogP) is 6.82. The van der Waals surface area contributed by atoms with Crippen LogP contribution >= 0.6 is 0 Å². The minimum absolute atomic E-state index is 1.16. The van der Waals surface area contributed by atoms with Crippen LogP contribution in [0.2, 0.25) is 0 Å². The Morgan fingerprint density at radius 2 is 1.25 bits per heavy atom. The minimum Gasteiger partial charge on any atom is -0.0984 e. The zero-order chi connectivity index (χ0) is 16.4. The summed E-state index contributed by atoms with van der Waals surface area (Å²) in [6.45, 7) is 4.03. The fraction of sp³-hybridized carbons (Fsp3) is 0. The van der Waals surface area contributed by atoms with Gasteiger partial charge in [0.25, 0.3) is 0 Å². The summed E-state index contributed by atoms with van der Waals surface area (Å²) >= 11 is 0. The molecule has 4 rings (SSSR count). The molecule has 0 aromatic heterocycles. The van der Waals surface area contributed by atoms with Crippen molar-refractivity contribution in [3.05, 3.63) is 103 Å². The lowest BCUT2D eigenvalue weighted by Gasteiger charge is -2.16. The fourth-order valence-corrected chi connectivity index (χ4v) is 3.34. The summed E-state index contributed by atoms with van der Waals surface area (Å²) in [7, 11) is 0. The van der Waals surface area contributed by atoms with E-state index in [4.69, 9.17) is 0 Å². The van der Waals surface area contributed by atoms with Crippen LogP contribution in [0.1, 0.15) is 5.56 Å². The topological polar surface area (TPSA) is 0 Å². The van der Waals surface area contributed by atoms with Gasteiger partial charge in [0.2, 0.25) is 0 Å². The van der Waals surface area contributed by atoms with E-state index in [1.54, 1.807) is 0 Å². The van der Waals surface area contributed by atoms with E-state index in [1.165, 1.54) is 33.0 Å². The molecule has 0 aliphatic carbocycles. The average molecular weight is 306 g/mol. The fourth-order valence-electron chi connectivity index (χ4n) is 3.34. The normalized spacial score (nSPS) is 10.7. The number of fused-ring (bicyclic) bond motifs is 1. The van der Waals surface area contributed by atoms with Crippen LogP contribution in [0.25, 0.3) is 39.1 Å². The van der Waals surface area contributed by atoms with Crippen LogP contribution in [-0.2, 0) is 0 Å². The highest BCUT2D eigenvalue weighted by Crippen LogP contribution is 2.38. The molecule has 0 bridgehead atoms. The summed E-state index contributed by atoms with van der Waals surface area (Å²) in [4.78, 5) is 0. The zero-order valence-corrected chi connectivity index (χ0v) is 13.4. The smallest absolute Gasteiger partial charge is 0.00268 e. The summed E-state index contributed by atoms with van der Waals surface area (Å²) in [5.41, 5.74) is 6.12. The van der Waals surface area contributed by atoms with E-state index in [0.29, 0.717) is 0 Å². The molecule has 0 unspecified atom stereocenters. The molecule has 0 fully saturated rings. The van der Waals surface area contributed by atoms with Crippen LogP contribution in [0.3, 0.4) is 0 Å². The summed E-state index contributed by atoms with van der Waals surface area (Å²) in [5.74, 6) is 0. The number of hydrogen-bond acceptors (Lipinski definition) is 0. The molecule has 4 aromatic rings. The molecule has 114 valence electrons. The van der Waals surface area contributed by atoms with Crippen molar-refractivity contribution in [2.75, 3.05) is 0 Å². The molecule has 0 nitrogen and oxygen atoms in total. The highest BCUT2D eigenvalue weighted by molar-refractivity contribution is 6.02. The Kier molecular flexibility index (Phi) is 3.72. The molecule has 0 atom stereocenters. The Bertz CT molecular complexity index is 1010. The van der Waals surface area contributed by atoms with Crippen LogP contribution in [0.5, 0.6) is 0 Å². The molecule has 0 aliphatic rings. The van der Waals surface area contributed by atoms with E-state index >= 15 is 0 Å². The summed E-state index contributed by atoms with van der Waals surface area (Å²) < 4.78 is 0. The molecule has 0 aliphatic heterocycles. The van der Waals surface area contributed by atoms with Gasteiger partial charge in [-0.3, -0.25) is 0 Å². The number of rotatable bonds is 3. The first kappa shape index (κ1) is 14.5. The second-order valence-corrected chi connectivity index (χ2v) is 5.87. The van der Waals surface area contributed by atoms with Crippen LogP contribution in [0.15, 0.2) is 97.6 Å². The van der Waals surface area contributed by atoms with Crippen LogP contribution < -0.4 is 0 Å². The maximum absolute atomic E-state index is 4.03. The van der Waals surface area contributed by atoms with E-state index in [1.807, 2.05) is 6.08 Å². The highest BCUT2D eigenvalue weighted by Gasteiger charge is 2.13. The van der Waals surface area contributed by atoms with Crippen molar-refractivity contribution < 1.29 is 0 Å². The van der Waals surface area contributed by atoms with Crippen molar-refractivity contribution in [3.8, 4) is 22.3 Å². The molecule has 0 radical (unpaired) electrons. The van der Waals surface area contributed by atoms with Gasteiger partial charge in [0.05, 0.1) is 0 Å². The van der Waals surface area contributed by atoms with Crippen molar-refractivity contribution in [2.24, 2.45) is 0 Å². The van der Waals surface area contributed by atoms with Gasteiger partial charge in [0.1, 0.15) is 0 Å². The summed E-state index contributed by atoms with van der Waals surface area (Å²) in [5, 5.41) is 2.53. The molecule has 0 heteroatoms. The molecule has 24 heavy (non-hydrogen) atoms. The monoisotopic (exact) mass is 306 g/mol. The zero-order valence-electron chi connectivity index (χ0n) is 13.4. The summed E-state index contributed by atoms with van der Waals surface area (Å²) in [6.07, 6.45) is 1.95. The van der Waals surface area contributed by atoms with E-state index in [2.05, 4.69) is 97.6 Å². The van der Waals surface area contributed by atoms with E-state index in [9.17, 15) is 0 Å². The molecule has 4 aromatic carbocycles. The van der Waals surface area contributed by atoms with Gasteiger partial charge in [-0.05, 0) is 38.6 Å². The quantitative estimate of drug-likeness (QED) is 0.389. The molecule has 0 saturated heterocycles. The molecular formula is C24H18. The Labute approximate surface area is 142 Å². The standard InChI is InChI=1S/C24H18/c1-2-18-13-8-16-22(20-10-4-3-5-11-20)24(18)23-17-9-14-19-12-6-7-15-21(19)23/h2-17H,1H2. The van der Waals surface area contributed by atoms with Gasteiger partial charge in [0, 0.05) is 0 Å². The first-order valence-corrected chi connectivity index (χ1v) is 8.17. The van der Waals surface area contributed by atoms with Gasteiger partial charge in [-0.15, -0.1) is 0 Å². The maximum atomic E-state index is 4.03. The molecular weight excluding hydrogens is 288 g/mol. The van der Waals surface area contributed by atoms with Crippen molar-refractivity contribution in [1.29, 1.82) is 0 Å². The van der Waals surface area contributed by atoms with Gasteiger partial charge < -0.3 is 0 Å². The third-order valence-corrected chi connectivity index (χ3v) is 4.46. The lowest BCUT2D eigenvalue weighted by Crippen LogP contribution is -1.90. The van der Waals surface area contributed by atoms with Crippen LogP contribution in [0.4, 0.5) is 0 Å². The number of benzene rings is 4. The minimum atomic E-state index is 1.16. The van der Waals surface area contributed by atoms with Gasteiger partial charge in [0.15, 0.2) is 0 Å². The van der Waals surface area contributed by atoms with Gasteiger partial charge in [-0.1, -0.05) is 104 Å². The first-order valence-electron chi connectivity index (χ1n) is 8.17. The molecule has 0 saturated carbocycles. The second-order valence-electron chi connectivity index (χ2n) is 5.87. The van der Waals surface area contributed by atoms with Crippen molar-refractivity contribution in [3.63, 3.8) is 0 Å². The van der Waals surface area contributed by atoms with Crippen LogP contribution in [0, 0.1) is 0 Å². The SMILES string of the molecule is C=Cc1cccc(-c2ccccc2)c1-c1cccc2ccccc12. The molecule has 0 N–H and O–H groups in total. The van der Waals surface area contributed by atoms with Crippen molar-refractivity contribution >= 4 is 16.8 Å². The van der Waals surface area contributed by atoms with Gasteiger partial charge in [-0.25, -0.2) is 0 Å². The maximum Gasteiger partial charge on any atom is -0.00268 e. The lowest BCUT2D eigenvalue weighted by molar-refractivity contribution is 1.58. The Morgan fingerprint density at radius 1 is 0.583 bits per heavy atom. The predicted molar refractivity (Wildman–Crippen MR) is 105 cm³/mol. The Morgan fingerprint density at radius 3 is 2.08 bits per heavy atom. The second kappa shape index (κ2) is 6.17. The van der Waals surface area contributed by atoms with E-state index in [-0.39, 0.29) is 0 Å². The summed E-state index contributed by atoms with van der Waals surface area (Å²) in [6, 6.07) is 32.0. The van der Waals surface area contributed by atoms with Gasteiger partial charge >= 0.3 is 0 Å². The van der Waals surface area contributed by atoms with E-state index < -0.39 is 0 Å². The first-order chi connectivity index (χ1) is 11.9. The Balaban J connectivity index is 2.09. The third-order valence-electron chi connectivity index (χ3n) is 4.46. The largest absolute Gasteiger partial charge is 0.0984 e. The van der Waals surface area contributed by atoms with Crippen LogP contribution in [-0.4, -0.2) is 0 Å². The average Bonchev–Trinajstić information content (AvgIpc) is 2.67. The lowest BCUT2D eigenvalue weighted by atomic mass is 9.88. The highest BCUT2D eigenvalue weighted by atomic mass is 14.2. The Hall–Kier alpha value is -3.12. The van der Waals surface area contributed by atoms with Crippen molar-refractivity contribution in [1.82, 2.24) is 0 Å². The van der Waals surface area contributed by atoms with Gasteiger partial charge in [-0.2, -0.15) is 0 Å². The van der Waals surface area contributed by atoms with E-state index in [0.717, 1.165) is 5.56 Å². The third kappa shape index (κ3) is 2.43. The number of hydrogen-bond donors (Lipinski definition) is 0. The van der Waals surface area contributed by atoms with Crippen molar-refractivity contribution in [2.45, 2.75) is 0 Å². The molecule has 0 heterocycles.